The van der Waals surface area contributed by atoms with E-state index in [-0.39, 0.29) is 49.5 Å². The molecule has 1 atom stereocenters. The summed E-state index contributed by atoms with van der Waals surface area (Å²) in [5, 5.41) is 3.80. The highest BCUT2D eigenvalue weighted by Crippen LogP contribution is 2.42. The Morgan fingerprint density at radius 2 is 2.10 bits per heavy atom. The van der Waals surface area contributed by atoms with Crippen molar-refractivity contribution in [2.75, 3.05) is 44.3 Å². The number of nitrogens with zero attached hydrogens (tertiary/aromatic N) is 5. The summed E-state index contributed by atoms with van der Waals surface area (Å²) in [4.78, 5) is 28.7. The van der Waals surface area contributed by atoms with Crippen molar-refractivity contribution in [1.82, 2.24) is 24.8 Å². The van der Waals surface area contributed by atoms with Gasteiger partial charge >= 0.3 is 6.01 Å². The number of hydrogen-bond acceptors (Lipinski definition) is 9. The number of ether oxygens (including phenoxy) is 1. The lowest BCUT2D eigenvalue weighted by Gasteiger charge is -2.38. The van der Waals surface area contributed by atoms with E-state index in [0.29, 0.717) is 36.5 Å². The number of nitrogens with two attached hydrogens (primary N) is 1. The predicted octanol–water partition coefficient (Wildman–Crippen LogP) is 4.15. The molecular formula is C27H24ClF2N7O2S. The average molecular weight is 584 g/mol. The standard InChI is InChI=1S/C27H24ClF2N7O2S/c1-3-19(38)37-10-13(11-37)32-25-16-9-17(28)20(15-6-7-18(29)24-23(15)33-26(31)40-24)21(30)22(16)34-27(35-25)39-12-14-5-4-8-36(14)2/h1,6-7,9,13-14H,4-5,8,10-12H2,2H3,(H2,31,33)(H,32,34,35)/t14-/m0/s1. The Hall–Kier alpha value is -3.79. The van der Waals surface area contributed by atoms with Gasteiger partial charge in [0, 0.05) is 35.6 Å². The molecule has 2 saturated heterocycles. The smallest absolute Gasteiger partial charge is 0.319 e. The Balaban J connectivity index is 1.43. The molecule has 9 nitrogen and oxygen atoms in total. The van der Waals surface area contributed by atoms with Crippen LogP contribution in [0.4, 0.5) is 19.7 Å². The second-order valence-electron chi connectivity index (χ2n) is 9.91. The van der Waals surface area contributed by atoms with E-state index < -0.39 is 17.5 Å². The van der Waals surface area contributed by atoms with Gasteiger partial charge in [-0.15, -0.1) is 6.42 Å². The molecule has 0 aliphatic carbocycles. The molecule has 0 unspecified atom stereocenters. The molecule has 2 fully saturated rings. The summed E-state index contributed by atoms with van der Waals surface area (Å²) in [6.45, 7) is 2.04. The third kappa shape index (κ3) is 4.64. The first-order valence-electron chi connectivity index (χ1n) is 12.6. The van der Waals surface area contributed by atoms with E-state index in [1.807, 2.05) is 7.05 Å². The number of thiazole rings is 1. The van der Waals surface area contributed by atoms with Crippen LogP contribution in [0.3, 0.4) is 0 Å². The van der Waals surface area contributed by atoms with E-state index in [1.165, 1.54) is 17.0 Å². The number of benzene rings is 2. The summed E-state index contributed by atoms with van der Waals surface area (Å²) < 4.78 is 37.0. The Bertz CT molecular complexity index is 1700. The van der Waals surface area contributed by atoms with Crippen LogP contribution >= 0.6 is 22.9 Å². The minimum atomic E-state index is -0.729. The van der Waals surface area contributed by atoms with Crippen LogP contribution in [0.1, 0.15) is 12.8 Å². The van der Waals surface area contributed by atoms with Gasteiger partial charge in [0.1, 0.15) is 23.8 Å². The van der Waals surface area contributed by atoms with Crippen molar-refractivity contribution in [3.8, 4) is 29.5 Å². The zero-order valence-electron chi connectivity index (χ0n) is 21.4. The summed E-state index contributed by atoms with van der Waals surface area (Å²) in [6, 6.07) is 4.24. The van der Waals surface area contributed by atoms with Crippen LogP contribution in [0, 0.1) is 24.0 Å². The second-order valence-corrected chi connectivity index (χ2v) is 11.3. The number of carbonyl (C=O) groups excluding carboxylic acids is 1. The van der Waals surface area contributed by atoms with Crippen molar-refractivity contribution in [3.63, 3.8) is 0 Å². The van der Waals surface area contributed by atoms with Gasteiger partial charge < -0.3 is 25.6 Å². The monoisotopic (exact) mass is 583 g/mol. The molecular weight excluding hydrogens is 560 g/mol. The summed E-state index contributed by atoms with van der Waals surface area (Å²) >= 11 is 7.62. The van der Waals surface area contributed by atoms with Crippen LogP contribution < -0.4 is 15.8 Å². The third-order valence-corrected chi connectivity index (χ3v) is 8.54. The number of hydrogen-bond donors (Lipinski definition) is 2. The number of aromatic nitrogens is 3. The summed E-state index contributed by atoms with van der Waals surface area (Å²) in [5.74, 6) is 0.771. The molecule has 0 saturated carbocycles. The Morgan fingerprint density at radius 3 is 2.83 bits per heavy atom. The molecule has 6 rings (SSSR count). The number of nitrogen functional groups attached to an aromatic ring is 1. The molecule has 1 amide bonds. The van der Waals surface area contributed by atoms with Crippen molar-refractivity contribution in [1.29, 1.82) is 0 Å². The molecule has 40 heavy (non-hydrogen) atoms. The van der Waals surface area contributed by atoms with Gasteiger partial charge in [0.2, 0.25) is 0 Å². The third-order valence-electron chi connectivity index (χ3n) is 7.35. The SMILES string of the molecule is C#CC(=O)N1CC(Nc2nc(OC[C@@H]3CCCN3C)nc3c(F)c(-c4ccc(F)c5sc(N)nc45)c(Cl)cc23)C1. The van der Waals surface area contributed by atoms with Gasteiger partial charge in [0.05, 0.1) is 21.3 Å². The van der Waals surface area contributed by atoms with Crippen LogP contribution in [0.15, 0.2) is 18.2 Å². The molecule has 2 aliphatic heterocycles. The van der Waals surface area contributed by atoms with Gasteiger partial charge in [-0.2, -0.15) is 9.97 Å². The lowest BCUT2D eigenvalue weighted by molar-refractivity contribution is -0.128. The first-order valence-corrected chi connectivity index (χ1v) is 13.8. The van der Waals surface area contributed by atoms with Gasteiger partial charge in [-0.25, -0.2) is 13.8 Å². The number of likely N-dealkylation sites (tertiary alicyclic amines) is 2. The summed E-state index contributed by atoms with van der Waals surface area (Å²) in [5.41, 5.74) is 6.34. The Kier molecular flexibility index (Phi) is 6.82. The highest BCUT2D eigenvalue weighted by atomic mass is 35.5. The van der Waals surface area contributed by atoms with Gasteiger partial charge in [0.25, 0.3) is 5.91 Å². The van der Waals surface area contributed by atoms with Crippen molar-refractivity contribution < 1.29 is 18.3 Å². The van der Waals surface area contributed by atoms with E-state index in [9.17, 15) is 9.18 Å². The molecule has 4 aromatic rings. The molecule has 4 heterocycles. The Morgan fingerprint density at radius 1 is 1.30 bits per heavy atom. The molecule has 2 aromatic carbocycles. The lowest BCUT2D eigenvalue weighted by atomic mass is 10.0. The van der Waals surface area contributed by atoms with E-state index in [4.69, 9.17) is 28.5 Å². The maximum absolute atomic E-state index is 16.4. The first kappa shape index (κ1) is 26.4. The quantitative estimate of drug-likeness (QED) is 0.326. The second kappa shape index (κ2) is 10.3. The fourth-order valence-electron chi connectivity index (χ4n) is 5.17. The predicted molar refractivity (Wildman–Crippen MR) is 151 cm³/mol. The zero-order valence-corrected chi connectivity index (χ0v) is 23.0. The molecule has 2 aromatic heterocycles. The number of nitrogens with one attached hydrogen (secondary N) is 1. The number of fused-ring (bicyclic) bond motifs is 2. The normalized spacial score (nSPS) is 17.8. The number of rotatable bonds is 6. The van der Waals surface area contributed by atoms with Gasteiger partial charge in [0.15, 0.2) is 10.9 Å². The van der Waals surface area contributed by atoms with E-state index in [2.05, 4.69) is 31.1 Å². The largest absolute Gasteiger partial charge is 0.462 e. The minimum Gasteiger partial charge on any atom is -0.462 e. The molecule has 0 spiro atoms. The molecule has 2 aliphatic rings. The highest BCUT2D eigenvalue weighted by Gasteiger charge is 2.31. The van der Waals surface area contributed by atoms with Crippen LogP contribution in [0.5, 0.6) is 6.01 Å². The van der Waals surface area contributed by atoms with E-state index >= 15 is 4.39 Å². The van der Waals surface area contributed by atoms with Crippen LogP contribution in [-0.4, -0.2) is 76.0 Å². The summed E-state index contributed by atoms with van der Waals surface area (Å²) in [6.07, 6.45) is 7.26. The molecule has 13 heteroatoms. The fourth-order valence-corrected chi connectivity index (χ4v) is 6.23. The molecule has 0 radical (unpaired) electrons. The lowest BCUT2D eigenvalue weighted by Crippen LogP contribution is -2.56. The average Bonchev–Trinajstić information content (AvgIpc) is 3.51. The van der Waals surface area contributed by atoms with Gasteiger partial charge in [-0.3, -0.25) is 4.79 Å². The fraction of sp³-hybridized carbons (Fsp3) is 0.333. The van der Waals surface area contributed by atoms with Crippen molar-refractivity contribution in [3.05, 3.63) is 34.9 Å². The number of anilines is 2. The molecule has 3 N–H and O–H groups in total. The van der Waals surface area contributed by atoms with Gasteiger partial charge in [-0.1, -0.05) is 22.9 Å². The number of halogens is 3. The minimum absolute atomic E-state index is 0.000471. The number of carbonyl (C=O) groups is 1. The van der Waals surface area contributed by atoms with Crippen molar-refractivity contribution in [2.45, 2.75) is 24.9 Å². The van der Waals surface area contributed by atoms with Crippen LogP contribution in [0.25, 0.3) is 32.2 Å². The zero-order chi connectivity index (χ0) is 28.1. The maximum atomic E-state index is 16.4. The first-order chi connectivity index (χ1) is 19.2. The van der Waals surface area contributed by atoms with Gasteiger partial charge in [-0.05, 0) is 50.6 Å². The van der Waals surface area contributed by atoms with Crippen LogP contribution in [-0.2, 0) is 4.79 Å². The summed E-state index contributed by atoms with van der Waals surface area (Å²) in [7, 11) is 2.03. The molecule has 206 valence electrons. The number of likely N-dealkylation sites (N-methyl/N-ethyl adjacent to an activating group) is 1. The highest BCUT2D eigenvalue weighted by molar-refractivity contribution is 7.22. The van der Waals surface area contributed by atoms with Crippen molar-refractivity contribution in [2.24, 2.45) is 0 Å². The number of amides is 1. The van der Waals surface area contributed by atoms with Crippen molar-refractivity contribution >= 4 is 60.9 Å². The topological polar surface area (TPSA) is 110 Å². The van der Waals surface area contributed by atoms with E-state index in [1.54, 1.807) is 6.07 Å². The number of terminal acetylenes is 1. The molecule has 0 bridgehead atoms. The van der Waals surface area contributed by atoms with E-state index in [0.717, 1.165) is 30.7 Å². The Labute approximate surface area is 237 Å². The maximum Gasteiger partial charge on any atom is 0.319 e. The van der Waals surface area contributed by atoms with Crippen LogP contribution in [0.2, 0.25) is 5.02 Å².